The van der Waals surface area contributed by atoms with Gasteiger partial charge in [0, 0.05) is 24.8 Å². The predicted molar refractivity (Wildman–Crippen MR) is 82.5 cm³/mol. The highest BCUT2D eigenvalue weighted by atomic mass is 35.5. The molecule has 1 aromatic carbocycles. The maximum absolute atomic E-state index is 6.07. The van der Waals surface area contributed by atoms with Gasteiger partial charge in [0.25, 0.3) is 0 Å². The molecule has 0 unspecified atom stereocenters. The highest BCUT2D eigenvalue weighted by Crippen LogP contribution is 2.28. The summed E-state index contributed by atoms with van der Waals surface area (Å²) < 4.78 is 7.82. The second-order valence-electron chi connectivity index (χ2n) is 5.32. The van der Waals surface area contributed by atoms with Gasteiger partial charge in [-0.25, -0.2) is 4.98 Å². The molecule has 0 amide bonds. The Bertz CT molecular complexity index is 593. The number of alkyl halides is 1. The highest BCUT2D eigenvalue weighted by Gasteiger charge is 2.20. The first-order valence-corrected chi connectivity index (χ1v) is 7.97. The van der Waals surface area contributed by atoms with Crippen LogP contribution >= 0.6 is 23.2 Å². The average Bonchev–Trinajstić information content (AvgIpc) is 3.20. The van der Waals surface area contributed by atoms with Crippen molar-refractivity contribution < 1.29 is 4.74 Å². The molecule has 1 heterocycles. The number of nitrogens with zero attached hydrogens (tertiary/aromatic N) is 2. The summed E-state index contributed by atoms with van der Waals surface area (Å²) in [7, 11) is 0. The topological polar surface area (TPSA) is 27.1 Å². The monoisotopic (exact) mass is 312 g/mol. The number of aromatic nitrogens is 2. The van der Waals surface area contributed by atoms with Crippen LogP contribution < -0.4 is 0 Å². The maximum atomic E-state index is 6.07. The first-order chi connectivity index (χ1) is 9.78. The van der Waals surface area contributed by atoms with Gasteiger partial charge >= 0.3 is 0 Å². The fourth-order valence-corrected chi connectivity index (χ4v) is 2.73. The molecule has 1 saturated carbocycles. The number of rotatable bonds is 7. The summed E-state index contributed by atoms with van der Waals surface area (Å²) >= 11 is 12.1. The molecule has 0 atom stereocenters. The Labute approximate surface area is 128 Å². The third-order valence-electron chi connectivity index (χ3n) is 3.63. The minimum Gasteiger partial charge on any atom is -0.381 e. The van der Waals surface area contributed by atoms with Gasteiger partial charge in [-0.05, 0) is 43.4 Å². The van der Waals surface area contributed by atoms with E-state index in [0.717, 1.165) is 54.0 Å². The van der Waals surface area contributed by atoms with Crippen LogP contribution in [0, 0.1) is 5.92 Å². The second kappa shape index (κ2) is 6.33. The Morgan fingerprint density at radius 1 is 1.35 bits per heavy atom. The van der Waals surface area contributed by atoms with Gasteiger partial charge < -0.3 is 9.30 Å². The molecule has 3 rings (SSSR count). The van der Waals surface area contributed by atoms with Crippen molar-refractivity contribution in [2.75, 3.05) is 13.2 Å². The molecule has 1 aliphatic carbocycles. The average molecular weight is 313 g/mol. The minimum absolute atomic E-state index is 0.412. The lowest BCUT2D eigenvalue weighted by Gasteiger charge is -2.08. The number of imidazole rings is 1. The van der Waals surface area contributed by atoms with Crippen molar-refractivity contribution in [2.24, 2.45) is 5.92 Å². The van der Waals surface area contributed by atoms with Crippen LogP contribution in [0.15, 0.2) is 18.2 Å². The standard InChI is InChI=1S/C15H18Cl2N2O/c16-9-15-18-13-5-4-12(17)8-14(13)19(15)6-1-7-20-10-11-2-3-11/h4-5,8,11H,1-3,6-7,9-10H2. The number of ether oxygens (including phenoxy) is 1. The number of benzene rings is 1. The SMILES string of the molecule is ClCc1nc2ccc(Cl)cc2n1CCCOCC1CC1. The first-order valence-electron chi connectivity index (χ1n) is 7.06. The Morgan fingerprint density at radius 2 is 2.20 bits per heavy atom. The molecule has 0 radical (unpaired) electrons. The molecule has 5 heteroatoms. The number of hydrogen-bond donors (Lipinski definition) is 0. The first kappa shape index (κ1) is 14.2. The van der Waals surface area contributed by atoms with E-state index in [9.17, 15) is 0 Å². The second-order valence-corrected chi connectivity index (χ2v) is 6.02. The van der Waals surface area contributed by atoms with Crippen LogP contribution in [0.4, 0.5) is 0 Å². The highest BCUT2D eigenvalue weighted by molar-refractivity contribution is 6.31. The van der Waals surface area contributed by atoms with Crippen LogP contribution in [-0.4, -0.2) is 22.8 Å². The lowest BCUT2D eigenvalue weighted by Crippen LogP contribution is -2.06. The van der Waals surface area contributed by atoms with Crippen molar-refractivity contribution >= 4 is 34.2 Å². The summed E-state index contributed by atoms with van der Waals surface area (Å²) in [6, 6.07) is 5.75. The lowest BCUT2D eigenvalue weighted by atomic mass is 10.3. The summed E-state index contributed by atoms with van der Waals surface area (Å²) in [5, 5.41) is 0.727. The molecule has 3 nitrogen and oxygen atoms in total. The largest absolute Gasteiger partial charge is 0.381 e. The van der Waals surface area contributed by atoms with E-state index in [2.05, 4.69) is 9.55 Å². The normalized spacial score (nSPS) is 15.1. The van der Waals surface area contributed by atoms with Gasteiger partial charge in [0.2, 0.25) is 0 Å². The molecule has 0 bridgehead atoms. The molecule has 0 N–H and O–H groups in total. The molecule has 0 spiro atoms. The van der Waals surface area contributed by atoms with Crippen molar-refractivity contribution in [3.8, 4) is 0 Å². The fraction of sp³-hybridized carbons (Fsp3) is 0.533. The van der Waals surface area contributed by atoms with Gasteiger partial charge in [0.15, 0.2) is 0 Å². The molecule has 1 aliphatic rings. The summed E-state index contributed by atoms with van der Waals surface area (Å²) in [4.78, 5) is 4.54. The molecule has 2 aromatic rings. The number of hydrogen-bond acceptors (Lipinski definition) is 2. The van der Waals surface area contributed by atoms with Crippen LogP contribution in [0.1, 0.15) is 25.1 Å². The van der Waals surface area contributed by atoms with Gasteiger partial charge in [-0.1, -0.05) is 11.6 Å². The molecular formula is C15H18Cl2N2O. The van der Waals surface area contributed by atoms with E-state index in [1.54, 1.807) is 0 Å². The van der Waals surface area contributed by atoms with E-state index in [-0.39, 0.29) is 0 Å². The van der Waals surface area contributed by atoms with E-state index < -0.39 is 0 Å². The zero-order chi connectivity index (χ0) is 13.9. The van der Waals surface area contributed by atoms with Crippen LogP contribution in [0.5, 0.6) is 0 Å². The third-order valence-corrected chi connectivity index (χ3v) is 4.10. The van der Waals surface area contributed by atoms with Crippen molar-refractivity contribution in [1.82, 2.24) is 9.55 Å². The molecular weight excluding hydrogens is 295 g/mol. The molecule has 0 saturated heterocycles. The van der Waals surface area contributed by atoms with E-state index in [1.165, 1.54) is 12.8 Å². The summed E-state index contributed by atoms with van der Waals surface area (Å²) in [6.07, 6.45) is 3.64. The third kappa shape index (κ3) is 3.27. The molecule has 20 heavy (non-hydrogen) atoms. The van der Waals surface area contributed by atoms with E-state index in [4.69, 9.17) is 27.9 Å². The van der Waals surface area contributed by atoms with Crippen LogP contribution in [-0.2, 0) is 17.2 Å². The summed E-state index contributed by atoms with van der Waals surface area (Å²) in [5.74, 6) is 2.13. The van der Waals surface area contributed by atoms with Gasteiger partial charge in [-0.2, -0.15) is 0 Å². The van der Waals surface area contributed by atoms with Crippen LogP contribution in [0.3, 0.4) is 0 Å². The Hall–Kier alpha value is -0.770. The Kier molecular flexibility index (Phi) is 4.49. The Balaban J connectivity index is 1.66. The van der Waals surface area contributed by atoms with Crippen molar-refractivity contribution in [3.05, 3.63) is 29.0 Å². The lowest BCUT2D eigenvalue weighted by molar-refractivity contribution is 0.119. The van der Waals surface area contributed by atoms with Crippen LogP contribution in [0.2, 0.25) is 5.02 Å². The molecule has 0 aliphatic heterocycles. The van der Waals surface area contributed by atoms with Crippen molar-refractivity contribution in [3.63, 3.8) is 0 Å². The number of halogens is 2. The predicted octanol–water partition coefficient (Wildman–Crippen LogP) is 4.25. The van der Waals surface area contributed by atoms with Crippen LogP contribution in [0.25, 0.3) is 11.0 Å². The Morgan fingerprint density at radius 3 is 2.95 bits per heavy atom. The summed E-state index contributed by atoms with van der Waals surface area (Å²) in [5.41, 5.74) is 2.00. The molecule has 1 aromatic heterocycles. The fourth-order valence-electron chi connectivity index (χ4n) is 2.36. The van der Waals surface area contributed by atoms with Gasteiger partial charge in [0.1, 0.15) is 5.82 Å². The quantitative estimate of drug-likeness (QED) is 0.564. The van der Waals surface area contributed by atoms with Crippen molar-refractivity contribution in [1.29, 1.82) is 0 Å². The van der Waals surface area contributed by atoms with Crippen molar-refractivity contribution in [2.45, 2.75) is 31.7 Å². The zero-order valence-electron chi connectivity index (χ0n) is 11.3. The molecule has 108 valence electrons. The smallest absolute Gasteiger partial charge is 0.124 e. The number of aryl methyl sites for hydroxylation is 1. The zero-order valence-corrected chi connectivity index (χ0v) is 12.8. The van der Waals surface area contributed by atoms with Gasteiger partial charge in [-0.15, -0.1) is 11.6 Å². The van der Waals surface area contributed by atoms with Gasteiger partial charge in [0.05, 0.1) is 16.9 Å². The molecule has 1 fully saturated rings. The van der Waals surface area contributed by atoms with Gasteiger partial charge in [-0.3, -0.25) is 0 Å². The van der Waals surface area contributed by atoms with E-state index in [1.807, 2.05) is 18.2 Å². The summed E-state index contributed by atoms with van der Waals surface area (Å²) in [6.45, 7) is 2.57. The minimum atomic E-state index is 0.412. The van der Waals surface area contributed by atoms with E-state index >= 15 is 0 Å². The van der Waals surface area contributed by atoms with E-state index in [0.29, 0.717) is 5.88 Å². The maximum Gasteiger partial charge on any atom is 0.124 e. The number of fused-ring (bicyclic) bond motifs is 1.